The van der Waals surface area contributed by atoms with Crippen molar-refractivity contribution < 1.29 is 9.53 Å². The van der Waals surface area contributed by atoms with Gasteiger partial charge in [-0.3, -0.25) is 9.36 Å². The molecule has 0 atom stereocenters. The molecule has 1 heterocycles. The van der Waals surface area contributed by atoms with Gasteiger partial charge in [0.15, 0.2) is 0 Å². The van der Waals surface area contributed by atoms with Crippen molar-refractivity contribution in [3.8, 4) is 11.8 Å². The van der Waals surface area contributed by atoms with Crippen molar-refractivity contribution in [2.24, 2.45) is 0 Å². The number of methoxy groups -OCH3 is 1. The summed E-state index contributed by atoms with van der Waals surface area (Å²) in [6.45, 7) is -0.0560. The fourth-order valence-electron chi connectivity index (χ4n) is 1.56. The van der Waals surface area contributed by atoms with Crippen LogP contribution in [0.15, 0.2) is 24.5 Å². The average molecular weight is 292 g/mol. The molecule has 7 nitrogen and oxygen atoms in total. The Morgan fingerprint density at radius 1 is 1.60 bits per heavy atom. The number of halogens is 1. The number of hydrogen-bond donors (Lipinski definition) is 1. The van der Waals surface area contributed by atoms with Gasteiger partial charge in [0, 0.05) is 5.69 Å². The first kappa shape index (κ1) is 13.8. The molecule has 2 aromatic rings. The number of anilines is 1. The largest absolute Gasteiger partial charge is 0.495 e. The molecule has 0 spiro atoms. The van der Waals surface area contributed by atoms with Crippen LogP contribution in [0.1, 0.15) is 5.82 Å². The summed E-state index contributed by atoms with van der Waals surface area (Å²) in [5.74, 6) is 0.283. The summed E-state index contributed by atoms with van der Waals surface area (Å²) in [6.07, 6.45) is 1.32. The Bertz CT molecular complexity index is 677. The van der Waals surface area contributed by atoms with E-state index in [1.807, 2.05) is 6.07 Å². The van der Waals surface area contributed by atoms with Gasteiger partial charge in [-0.25, -0.2) is 0 Å². The zero-order valence-electron chi connectivity index (χ0n) is 10.5. The van der Waals surface area contributed by atoms with E-state index < -0.39 is 0 Å². The Morgan fingerprint density at radius 3 is 3.05 bits per heavy atom. The lowest BCUT2D eigenvalue weighted by Gasteiger charge is -2.08. The number of nitrogens with zero attached hydrogens (tertiary/aromatic N) is 4. The number of carbonyl (C=O) groups excluding carboxylic acids is 1. The molecular weight excluding hydrogens is 282 g/mol. The Kier molecular flexibility index (Phi) is 4.17. The van der Waals surface area contributed by atoms with Gasteiger partial charge in [0.25, 0.3) is 0 Å². The molecule has 2 rings (SSSR count). The minimum atomic E-state index is -0.317. The molecule has 0 fully saturated rings. The number of aromatic nitrogens is 3. The van der Waals surface area contributed by atoms with Crippen molar-refractivity contribution in [2.75, 3.05) is 12.4 Å². The van der Waals surface area contributed by atoms with Crippen LogP contribution in [0.2, 0.25) is 5.02 Å². The third-order valence-corrected chi connectivity index (χ3v) is 2.76. The summed E-state index contributed by atoms with van der Waals surface area (Å²) in [5, 5.41) is 19.0. The molecule has 0 aliphatic heterocycles. The number of benzene rings is 1. The second-order valence-electron chi connectivity index (χ2n) is 3.79. The third-order valence-electron chi connectivity index (χ3n) is 2.47. The maximum absolute atomic E-state index is 11.8. The quantitative estimate of drug-likeness (QED) is 0.920. The molecule has 0 radical (unpaired) electrons. The number of nitrogens with one attached hydrogen (secondary N) is 1. The Morgan fingerprint density at radius 2 is 2.40 bits per heavy atom. The first-order valence-electron chi connectivity index (χ1n) is 5.55. The van der Waals surface area contributed by atoms with Crippen LogP contribution < -0.4 is 10.1 Å². The van der Waals surface area contributed by atoms with Crippen molar-refractivity contribution >= 4 is 23.2 Å². The van der Waals surface area contributed by atoms with Gasteiger partial charge in [-0.2, -0.15) is 5.26 Å². The zero-order chi connectivity index (χ0) is 14.5. The van der Waals surface area contributed by atoms with Gasteiger partial charge in [0.05, 0.1) is 12.1 Å². The Balaban J connectivity index is 2.05. The molecule has 102 valence electrons. The molecule has 1 aromatic heterocycles. The molecule has 0 bridgehead atoms. The van der Waals surface area contributed by atoms with Gasteiger partial charge < -0.3 is 10.1 Å². The highest BCUT2D eigenvalue weighted by atomic mass is 35.5. The van der Waals surface area contributed by atoms with Gasteiger partial charge in [0.1, 0.15) is 24.7 Å². The van der Waals surface area contributed by atoms with Crippen LogP contribution in [0.3, 0.4) is 0 Å². The van der Waals surface area contributed by atoms with Crippen LogP contribution in [0.25, 0.3) is 0 Å². The molecule has 0 saturated heterocycles. The van der Waals surface area contributed by atoms with E-state index in [-0.39, 0.29) is 18.3 Å². The first-order valence-corrected chi connectivity index (χ1v) is 5.93. The monoisotopic (exact) mass is 291 g/mol. The van der Waals surface area contributed by atoms with Gasteiger partial charge in [-0.1, -0.05) is 11.6 Å². The normalized spacial score (nSPS) is 9.85. The minimum Gasteiger partial charge on any atom is -0.495 e. The van der Waals surface area contributed by atoms with Gasteiger partial charge >= 0.3 is 0 Å². The number of ether oxygens (including phenoxy) is 1. The van der Waals surface area contributed by atoms with E-state index in [1.165, 1.54) is 18.0 Å². The topological polar surface area (TPSA) is 92.8 Å². The van der Waals surface area contributed by atoms with E-state index in [2.05, 4.69) is 15.5 Å². The Labute approximate surface area is 119 Å². The SMILES string of the molecule is COc1ccc(NC(=O)Cn2cnnc2C#N)cc1Cl. The molecule has 1 amide bonds. The lowest BCUT2D eigenvalue weighted by atomic mass is 10.3. The van der Waals surface area contributed by atoms with E-state index in [0.717, 1.165) is 0 Å². The number of rotatable bonds is 4. The maximum atomic E-state index is 11.8. The summed E-state index contributed by atoms with van der Waals surface area (Å²) >= 11 is 5.96. The summed E-state index contributed by atoms with van der Waals surface area (Å²) in [4.78, 5) is 11.8. The predicted molar refractivity (Wildman–Crippen MR) is 71.4 cm³/mol. The summed E-state index contributed by atoms with van der Waals surface area (Å²) < 4.78 is 6.37. The predicted octanol–water partition coefficient (Wildman–Crippen LogP) is 1.45. The molecule has 1 aromatic carbocycles. The highest BCUT2D eigenvalue weighted by Gasteiger charge is 2.09. The molecule has 0 unspecified atom stereocenters. The fraction of sp³-hybridized carbons (Fsp3) is 0.167. The lowest BCUT2D eigenvalue weighted by Crippen LogP contribution is -2.19. The maximum Gasteiger partial charge on any atom is 0.244 e. The van der Waals surface area contributed by atoms with Gasteiger partial charge in [-0.15, -0.1) is 10.2 Å². The second kappa shape index (κ2) is 6.04. The van der Waals surface area contributed by atoms with Crippen LogP contribution in [-0.4, -0.2) is 27.8 Å². The summed E-state index contributed by atoms with van der Waals surface area (Å²) in [5.41, 5.74) is 0.535. The molecule has 8 heteroatoms. The van der Waals surface area contributed by atoms with E-state index in [4.69, 9.17) is 21.6 Å². The number of nitriles is 1. The van der Waals surface area contributed by atoms with E-state index in [1.54, 1.807) is 18.2 Å². The standard InChI is InChI=1S/C12H10ClN5O2/c1-20-10-3-2-8(4-9(10)13)16-12(19)6-18-7-15-17-11(18)5-14/h2-4,7H,6H2,1H3,(H,16,19). The number of carbonyl (C=O) groups is 1. The summed E-state index contributed by atoms with van der Waals surface area (Å²) in [6, 6.07) is 6.74. The number of amides is 1. The Hall–Kier alpha value is -2.59. The van der Waals surface area contributed by atoms with Crippen LogP contribution in [0.5, 0.6) is 5.75 Å². The van der Waals surface area contributed by atoms with Crippen LogP contribution in [0, 0.1) is 11.3 Å². The second-order valence-corrected chi connectivity index (χ2v) is 4.20. The number of hydrogen-bond acceptors (Lipinski definition) is 5. The molecule has 0 aliphatic carbocycles. The molecule has 20 heavy (non-hydrogen) atoms. The molecule has 1 N–H and O–H groups in total. The van der Waals surface area contributed by atoms with E-state index >= 15 is 0 Å². The molecular formula is C12H10ClN5O2. The zero-order valence-corrected chi connectivity index (χ0v) is 11.3. The van der Waals surface area contributed by atoms with Crippen molar-refractivity contribution in [1.82, 2.24) is 14.8 Å². The summed E-state index contributed by atoms with van der Waals surface area (Å²) in [7, 11) is 1.51. The van der Waals surface area contributed by atoms with Crippen LogP contribution >= 0.6 is 11.6 Å². The minimum absolute atomic E-state index is 0.0560. The van der Waals surface area contributed by atoms with Gasteiger partial charge in [-0.05, 0) is 18.2 Å². The highest BCUT2D eigenvalue weighted by Crippen LogP contribution is 2.27. The van der Waals surface area contributed by atoms with Crippen molar-refractivity contribution in [2.45, 2.75) is 6.54 Å². The third kappa shape index (κ3) is 3.05. The van der Waals surface area contributed by atoms with Crippen molar-refractivity contribution in [1.29, 1.82) is 5.26 Å². The van der Waals surface area contributed by atoms with Crippen molar-refractivity contribution in [3.05, 3.63) is 35.4 Å². The van der Waals surface area contributed by atoms with Crippen molar-refractivity contribution in [3.63, 3.8) is 0 Å². The highest BCUT2D eigenvalue weighted by molar-refractivity contribution is 6.32. The lowest BCUT2D eigenvalue weighted by molar-refractivity contribution is -0.116. The van der Waals surface area contributed by atoms with E-state index in [9.17, 15) is 4.79 Å². The van der Waals surface area contributed by atoms with E-state index in [0.29, 0.717) is 16.5 Å². The average Bonchev–Trinajstić information content (AvgIpc) is 2.86. The fourth-order valence-corrected chi connectivity index (χ4v) is 1.81. The van der Waals surface area contributed by atoms with Crippen LogP contribution in [-0.2, 0) is 11.3 Å². The smallest absolute Gasteiger partial charge is 0.244 e. The van der Waals surface area contributed by atoms with Crippen LogP contribution in [0.4, 0.5) is 5.69 Å². The molecule has 0 aliphatic rings. The first-order chi connectivity index (χ1) is 9.63. The molecule has 0 saturated carbocycles. The van der Waals surface area contributed by atoms with Gasteiger partial charge in [0.2, 0.25) is 11.7 Å².